The zero-order valence-corrected chi connectivity index (χ0v) is 14.1. The van der Waals surface area contributed by atoms with E-state index in [1.165, 1.54) is 0 Å². The lowest BCUT2D eigenvalue weighted by Gasteiger charge is -2.27. The third-order valence-corrected chi connectivity index (χ3v) is 5.07. The molecule has 1 aromatic rings. The topological polar surface area (TPSA) is 105 Å². The van der Waals surface area contributed by atoms with Gasteiger partial charge in [0, 0.05) is 6.42 Å². The molecule has 1 unspecified atom stereocenters. The van der Waals surface area contributed by atoms with Crippen LogP contribution < -0.4 is 15.4 Å². The minimum atomic E-state index is -0.949. The van der Waals surface area contributed by atoms with E-state index in [0.717, 1.165) is 24.4 Å². The van der Waals surface area contributed by atoms with Gasteiger partial charge in [-0.25, -0.2) is 0 Å². The number of hydrogen-bond donors (Lipinski definition) is 2. The predicted molar refractivity (Wildman–Crippen MR) is 89.6 cm³/mol. The summed E-state index contributed by atoms with van der Waals surface area (Å²) in [6.07, 6.45) is 1.18. The maximum absolute atomic E-state index is 12.7. The molecule has 3 aliphatic rings. The molecule has 0 aromatic heterocycles. The number of nitrogens with one attached hydrogen (secondary N) is 2. The van der Waals surface area contributed by atoms with E-state index < -0.39 is 23.8 Å². The van der Waals surface area contributed by atoms with Crippen molar-refractivity contribution >= 4 is 23.6 Å². The lowest BCUT2D eigenvalue weighted by atomic mass is 10.0. The molecule has 0 spiro atoms. The number of rotatable bonds is 5. The van der Waals surface area contributed by atoms with Crippen molar-refractivity contribution in [1.29, 1.82) is 0 Å². The first kappa shape index (κ1) is 16.7. The average molecular weight is 357 g/mol. The summed E-state index contributed by atoms with van der Waals surface area (Å²) in [6, 6.07) is 3.83. The van der Waals surface area contributed by atoms with Crippen LogP contribution in [0.25, 0.3) is 0 Å². The molecule has 0 bridgehead atoms. The monoisotopic (exact) mass is 357 g/mol. The van der Waals surface area contributed by atoms with Crippen LogP contribution >= 0.6 is 0 Å². The van der Waals surface area contributed by atoms with Crippen LogP contribution in [-0.2, 0) is 9.59 Å². The molecule has 3 aliphatic heterocycles. The van der Waals surface area contributed by atoms with Crippen LogP contribution in [0.15, 0.2) is 18.2 Å². The smallest absolute Gasteiger partial charge is 0.262 e. The standard InChI is InChI=1S/C18H19N3O5/c22-15-4-3-14(16(23)20-15)21-17(24)12-2-1-11(7-13(12)18(21)25)26-6-5-10-8-19-9-10/h1-2,7,10,14,19H,3-6,8-9H2,(H,20,22,23). The van der Waals surface area contributed by atoms with Gasteiger partial charge in [0.2, 0.25) is 11.8 Å². The van der Waals surface area contributed by atoms with Gasteiger partial charge in [-0.2, -0.15) is 0 Å². The Kier molecular flexibility index (Phi) is 4.20. The molecule has 2 N–H and O–H groups in total. The van der Waals surface area contributed by atoms with Crippen LogP contribution in [0.2, 0.25) is 0 Å². The third kappa shape index (κ3) is 2.86. The highest BCUT2D eigenvalue weighted by Crippen LogP contribution is 2.30. The Balaban J connectivity index is 1.48. The Hall–Kier alpha value is -2.74. The summed E-state index contributed by atoms with van der Waals surface area (Å²) < 4.78 is 5.70. The molecule has 2 fully saturated rings. The van der Waals surface area contributed by atoms with Crippen LogP contribution in [0.1, 0.15) is 40.0 Å². The number of benzene rings is 1. The van der Waals surface area contributed by atoms with Gasteiger partial charge in [-0.15, -0.1) is 0 Å². The molecule has 8 nitrogen and oxygen atoms in total. The quantitative estimate of drug-likeness (QED) is 0.723. The Morgan fingerprint density at radius 2 is 1.85 bits per heavy atom. The number of amides is 4. The van der Waals surface area contributed by atoms with E-state index in [2.05, 4.69) is 10.6 Å². The van der Waals surface area contributed by atoms with Crippen molar-refractivity contribution in [2.75, 3.05) is 19.7 Å². The number of fused-ring (bicyclic) bond motifs is 1. The normalized spacial score (nSPS) is 22.9. The molecule has 3 heterocycles. The van der Waals surface area contributed by atoms with Gasteiger partial charge >= 0.3 is 0 Å². The Morgan fingerprint density at radius 3 is 2.54 bits per heavy atom. The first-order valence-corrected chi connectivity index (χ1v) is 8.74. The fourth-order valence-corrected chi connectivity index (χ4v) is 3.44. The van der Waals surface area contributed by atoms with Gasteiger partial charge in [0.15, 0.2) is 0 Å². The number of carbonyl (C=O) groups is 4. The van der Waals surface area contributed by atoms with E-state index in [1.807, 2.05) is 0 Å². The fraction of sp³-hybridized carbons (Fsp3) is 0.444. The molecule has 136 valence electrons. The van der Waals surface area contributed by atoms with Crippen molar-refractivity contribution in [2.45, 2.75) is 25.3 Å². The van der Waals surface area contributed by atoms with Crippen molar-refractivity contribution in [3.8, 4) is 5.75 Å². The summed E-state index contributed by atoms with van der Waals surface area (Å²) in [5.74, 6) is -0.876. The lowest BCUT2D eigenvalue weighted by Crippen LogP contribution is -2.54. The second-order valence-electron chi connectivity index (χ2n) is 6.82. The van der Waals surface area contributed by atoms with Crippen molar-refractivity contribution in [3.63, 3.8) is 0 Å². The van der Waals surface area contributed by atoms with Crippen LogP contribution in [0.3, 0.4) is 0 Å². The Labute approximate surface area is 149 Å². The van der Waals surface area contributed by atoms with E-state index in [9.17, 15) is 19.2 Å². The Morgan fingerprint density at radius 1 is 1.08 bits per heavy atom. The number of piperidine rings is 1. The van der Waals surface area contributed by atoms with Crippen LogP contribution in [0, 0.1) is 5.92 Å². The zero-order valence-electron chi connectivity index (χ0n) is 14.1. The van der Waals surface area contributed by atoms with Crippen molar-refractivity contribution < 1.29 is 23.9 Å². The minimum Gasteiger partial charge on any atom is -0.494 e. The molecule has 2 saturated heterocycles. The Bertz CT molecular complexity index is 802. The molecular weight excluding hydrogens is 338 g/mol. The van der Waals surface area contributed by atoms with E-state index in [4.69, 9.17) is 4.74 Å². The second kappa shape index (κ2) is 6.53. The molecule has 4 amide bonds. The first-order chi connectivity index (χ1) is 12.5. The summed E-state index contributed by atoms with van der Waals surface area (Å²) >= 11 is 0. The van der Waals surface area contributed by atoms with Gasteiger partial charge < -0.3 is 10.1 Å². The summed E-state index contributed by atoms with van der Waals surface area (Å²) in [6.45, 7) is 2.55. The van der Waals surface area contributed by atoms with E-state index in [1.54, 1.807) is 18.2 Å². The molecule has 8 heteroatoms. The highest BCUT2D eigenvalue weighted by atomic mass is 16.5. The van der Waals surface area contributed by atoms with Crippen molar-refractivity contribution in [3.05, 3.63) is 29.3 Å². The fourth-order valence-electron chi connectivity index (χ4n) is 3.44. The number of hydrogen-bond acceptors (Lipinski definition) is 6. The molecule has 0 saturated carbocycles. The largest absolute Gasteiger partial charge is 0.494 e. The summed E-state index contributed by atoms with van der Waals surface area (Å²) in [4.78, 5) is 49.6. The molecule has 26 heavy (non-hydrogen) atoms. The maximum atomic E-state index is 12.7. The molecule has 1 aromatic carbocycles. The highest BCUT2D eigenvalue weighted by Gasteiger charge is 2.44. The second-order valence-corrected chi connectivity index (χ2v) is 6.82. The first-order valence-electron chi connectivity index (χ1n) is 8.74. The van der Waals surface area contributed by atoms with Crippen molar-refractivity contribution in [1.82, 2.24) is 15.5 Å². The van der Waals surface area contributed by atoms with Crippen molar-refractivity contribution in [2.24, 2.45) is 5.92 Å². The number of nitrogens with zero attached hydrogens (tertiary/aromatic N) is 1. The summed E-state index contributed by atoms with van der Waals surface area (Å²) in [5, 5.41) is 5.38. The third-order valence-electron chi connectivity index (χ3n) is 5.07. The summed E-state index contributed by atoms with van der Waals surface area (Å²) in [5.41, 5.74) is 0.498. The molecule has 0 radical (unpaired) electrons. The van der Waals surface area contributed by atoms with Gasteiger partial charge in [0.05, 0.1) is 17.7 Å². The SMILES string of the molecule is O=C1CCC(N2C(=O)c3ccc(OCCC4CNC4)cc3C2=O)C(=O)N1. The van der Waals surface area contributed by atoms with Gasteiger partial charge in [-0.3, -0.25) is 29.4 Å². The van der Waals surface area contributed by atoms with Gasteiger partial charge in [0.25, 0.3) is 11.8 Å². The summed E-state index contributed by atoms with van der Waals surface area (Å²) in [7, 11) is 0. The van der Waals surface area contributed by atoms with Gasteiger partial charge in [-0.1, -0.05) is 0 Å². The van der Waals surface area contributed by atoms with Gasteiger partial charge in [-0.05, 0) is 50.0 Å². The predicted octanol–water partition coefficient (Wildman–Crippen LogP) is 0.0761. The number of carbonyl (C=O) groups excluding carboxylic acids is 4. The highest BCUT2D eigenvalue weighted by molar-refractivity contribution is 6.23. The minimum absolute atomic E-state index is 0.105. The van der Waals surface area contributed by atoms with Gasteiger partial charge in [0.1, 0.15) is 11.8 Å². The lowest BCUT2D eigenvalue weighted by molar-refractivity contribution is -0.136. The van der Waals surface area contributed by atoms with Crippen LogP contribution in [0.4, 0.5) is 0 Å². The van der Waals surface area contributed by atoms with E-state index in [0.29, 0.717) is 18.3 Å². The molecule has 4 rings (SSSR count). The molecular formula is C18H19N3O5. The average Bonchev–Trinajstić information content (AvgIpc) is 2.81. The van der Waals surface area contributed by atoms with Crippen LogP contribution in [-0.4, -0.2) is 54.3 Å². The van der Waals surface area contributed by atoms with E-state index in [-0.39, 0.29) is 29.9 Å². The number of imide groups is 2. The van der Waals surface area contributed by atoms with Crippen LogP contribution in [0.5, 0.6) is 5.75 Å². The zero-order chi connectivity index (χ0) is 18.3. The molecule has 0 aliphatic carbocycles. The maximum Gasteiger partial charge on any atom is 0.262 e. The number of ether oxygens (including phenoxy) is 1. The molecule has 1 atom stereocenters. The van der Waals surface area contributed by atoms with E-state index >= 15 is 0 Å².